The largest absolute Gasteiger partial charge is 0.497 e. The Labute approximate surface area is 179 Å². The number of carbonyl (C=O) groups excluding carboxylic acids is 2. The first kappa shape index (κ1) is 20.3. The summed E-state index contributed by atoms with van der Waals surface area (Å²) >= 11 is 6.51. The Morgan fingerprint density at radius 1 is 1.27 bits per heavy atom. The van der Waals surface area contributed by atoms with Crippen LogP contribution in [0, 0.1) is 0 Å². The molecule has 2 N–H and O–H groups in total. The zero-order valence-electron chi connectivity index (χ0n) is 16.8. The molecule has 1 saturated heterocycles. The minimum Gasteiger partial charge on any atom is -0.497 e. The third kappa shape index (κ3) is 4.03. The molecule has 0 aliphatic carbocycles. The average Bonchev–Trinajstić information content (AvgIpc) is 3.37. The Hall–Kier alpha value is -2.93. The van der Waals surface area contributed by atoms with Crippen molar-refractivity contribution in [3.05, 3.63) is 40.9 Å². The SMILES string of the molecule is COc1ccc(OC)c(-c2cc(Cl)c3c(c2)C[C@H](CNC(=O)[C@H]2CCC(=O)N2)O3)c1. The minimum atomic E-state index is -0.461. The highest BCUT2D eigenvalue weighted by Crippen LogP contribution is 2.42. The van der Waals surface area contributed by atoms with Crippen LogP contribution in [0.3, 0.4) is 0 Å². The molecular formula is C22H23ClN2O5. The summed E-state index contributed by atoms with van der Waals surface area (Å²) in [5.74, 6) is 1.79. The molecule has 0 radical (unpaired) electrons. The van der Waals surface area contributed by atoms with Crippen molar-refractivity contribution in [1.29, 1.82) is 0 Å². The van der Waals surface area contributed by atoms with E-state index in [1.54, 1.807) is 14.2 Å². The first-order valence-corrected chi connectivity index (χ1v) is 10.1. The van der Waals surface area contributed by atoms with Gasteiger partial charge in [0.05, 0.1) is 25.8 Å². The third-order valence-corrected chi connectivity index (χ3v) is 5.67. The average molecular weight is 431 g/mol. The molecule has 2 aromatic carbocycles. The summed E-state index contributed by atoms with van der Waals surface area (Å²) in [6.45, 7) is 0.341. The molecule has 1 fully saturated rings. The summed E-state index contributed by atoms with van der Waals surface area (Å²) in [6.07, 6.45) is 1.30. The molecule has 0 saturated carbocycles. The number of hydrogen-bond donors (Lipinski definition) is 2. The molecule has 4 rings (SSSR count). The van der Waals surface area contributed by atoms with Crippen LogP contribution in [0.4, 0.5) is 0 Å². The van der Waals surface area contributed by atoms with Gasteiger partial charge in [-0.3, -0.25) is 9.59 Å². The van der Waals surface area contributed by atoms with Crippen molar-refractivity contribution in [2.75, 3.05) is 20.8 Å². The van der Waals surface area contributed by atoms with Gasteiger partial charge in [0.15, 0.2) is 0 Å². The molecule has 0 unspecified atom stereocenters. The van der Waals surface area contributed by atoms with Gasteiger partial charge in [-0.2, -0.15) is 0 Å². The Kier molecular flexibility index (Phi) is 5.72. The lowest BCUT2D eigenvalue weighted by molar-refractivity contribution is -0.126. The Balaban J connectivity index is 1.49. The molecule has 2 aliphatic rings. The van der Waals surface area contributed by atoms with Gasteiger partial charge in [-0.25, -0.2) is 0 Å². The molecule has 2 aliphatic heterocycles. The van der Waals surface area contributed by atoms with E-state index in [9.17, 15) is 9.59 Å². The van der Waals surface area contributed by atoms with Crippen molar-refractivity contribution >= 4 is 23.4 Å². The number of ether oxygens (including phenoxy) is 3. The second kappa shape index (κ2) is 8.44. The van der Waals surface area contributed by atoms with Crippen LogP contribution in [0.1, 0.15) is 18.4 Å². The fraction of sp³-hybridized carbons (Fsp3) is 0.364. The molecule has 0 bridgehead atoms. The van der Waals surface area contributed by atoms with Crippen LogP contribution in [0.15, 0.2) is 30.3 Å². The Morgan fingerprint density at radius 3 is 2.80 bits per heavy atom. The van der Waals surface area contributed by atoms with Gasteiger partial charge in [0.25, 0.3) is 0 Å². The number of nitrogens with one attached hydrogen (secondary N) is 2. The van der Waals surface area contributed by atoms with Crippen LogP contribution in [0.5, 0.6) is 17.2 Å². The summed E-state index contributed by atoms with van der Waals surface area (Å²) in [4.78, 5) is 23.5. The number of hydrogen-bond acceptors (Lipinski definition) is 5. The summed E-state index contributed by atoms with van der Waals surface area (Å²) in [5, 5.41) is 6.03. The summed E-state index contributed by atoms with van der Waals surface area (Å²) in [7, 11) is 3.24. The fourth-order valence-corrected chi connectivity index (χ4v) is 4.13. The highest BCUT2D eigenvalue weighted by Gasteiger charge is 2.30. The number of methoxy groups -OCH3 is 2. The highest BCUT2D eigenvalue weighted by atomic mass is 35.5. The Bertz CT molecular complexity index is 994. The third-order valence-electron chi connectivity index (χ3n) is 5.39. The summed E-state index contributed by atoms with van der Waals surface area (Å²) in [5.41, 5.74) is 2.74. The van der Waals surface area contributed by atoms with Crippen LogP contribution in [-0.2, 0) is 16.0 Å². The molecule has 7 nitrogen and oxygen atoms in total. The van der Waals surface area contributed by atoms with Crippen molar-refractivity contribution in [3.63, 3.8) is 0 Å². The maximum absolute atomic E-state index is 12.2. The van der Waals surface area contributed by atoms with E-state index in [0.717, 1.165) is 22.4 Å². The molecule has 0 spiro atoms. The quantitative estimate of drug-likeness (QED) is 0.736. The van der Waals surface area contributed by atoms with Crippen LogP contribution in [0.25, 0.3) is 11.1 Å². The number of fused-ring (bicyclic) bond motifs is 1. The van der Waals surface area contributed by atoms with Crippen molar-refractivity contribution in [2.45, 2.75) is 31.4 Å². The van der Waals surface area contributed by atoms with Gasteiger partial charge in [-0.05, 0) is 42.3 Å². The highest BCUT2D eigenvalue weighted by molar-refractivity contribution is 6.32. The van der Waals surface area contributed by atoms with E-state index in [1.165, 1.54) is 0 Å². The second-order valence-corrected chi connectivity index (χ2v) is 7.77. The van der Waals surface area contributed by atoms with Gasteiger partial charge in [0, 0.05) is 24.0 Å². The molecular weight excluding hydrogens is 408 g/mol. The van der Waals surface area contributed by atoms with Gasteiger partial charge >= 0.3 is 0 Å². The van der Waals surface area contributed by atoms with Gasteiger partial charge in [-0.15, -0.1) is 0 Å². The van der Waals surface area contributed by atoms with Crippen LogP contribution < -0.4 is 24.8 Å². The maximum Gasteiger partial charge on any atom is 0.242 e. The topological polar surface area (TPSA) is 85.9 Å². The Morgan fingerprint density at radius 2 is 2.10 bits per heavy atom. The number of rotatable bonds is 6. The molecule has 2 aromatic rings. The van der Waals surface area contributed by atoms with E-state index >= 15 is 0 Å². The van der Waals surface area contributed by atoms with E-state index in [-0.39, 0.29) is 17.9 Å². The first-order valence-electron chi connectivity index (χ1n) is 9.77. The lowest BCUT2D eigenvalue weighted by atomic mass is 9.99. The van der Waals surface area contributed by atoms with Crippen molar-refractivity contribution in [3.8, 4) is 28.4 Å². The predicted octanol–water partition coefficient (Wildman–Crippen LogP) is 2.72. The standard InChI is InChI=1S/C22H23ClN2O5/c1-28-14-3-5-19(29-2)16(10-14)12-7-13-8-15(30-21(13)17(23)9-12)11-24-22(27)18-4-6-20(26)25-18/h3,5,7,9-10,15,18H,4,6,8,11H2,1-2H3,(H,24,27)(H,25,26)/t15-,18-/m1/s1. The summed E-state index contributed by atoms with van der Waals surface area (Å²) in [6, 6.07) is 9.00. The van der Waals surface area contributed by atoms with Crippen molar-refractivity contribution < 1.29 is 23.8 Å². The second-order valence-electron chi connectivity index (χ2n) is 7.36. The number of amides is 2. The van der Waals surface area contributed by atoms with Crippen LogP contribution in [0.2, 0.25) is 5.02 Å². The first-order chi connectivity index (χ1) is 14.5. The molecule has 8 heteroatoms. The lowest BCUT2D eigenvalue weighted by Crippen LogP contribution is -2.44. The van der Waals surface area contributed by atoms with Gasteiger partial charge in [0.2, 0.25) is 11.8 Å². The summed E-state index contributed by atoms with van der Waals surface area (Å²) < 4.78 is 16.8. The zero-order chi connectivity index (χ0) is 21.3. The van der Waals surface area contributed by atoms with Crippen molar-refractivity contribution in [1.82, 2.24) is 10.6 Å². The minimum absolute atomic E-state index is 0.0908. The molecule has 30 heavy (non-hydrogen) atoms. The van der Waals surface area contributed by atoms with E-state index in [0.29, 0.717) is 42.3 Å². The van der Waals surface area contributed by atoms with Crippen LogP contribution in [-0.4, -0.2) is 44.7 Å². The van der Waals surface area contributed by atoms with E-state index in [1.807, 2.05) is 30.3 Å². The van der Waals surface area contributed by atoms with Gasteiger partial charge < -0.3 is 24.8 Å². The fourth-order valence-electron chi connectivity index (χ4n) is 3.84. The van der Waals surface area contributed by atoms with E-state index in [2.05, 4.69) is 10.6 Å². The smallest absolute Gasteiger partial charge is 0.242 e. The number of carbonyl (C=O) groups is 2. The zero-order valence-corrected chi connectivity index (χ0v) is 17.5. The lowest BCUT2D eigenvalue weighted by Gasteiger charge is -2.15. The molecule has 0 aromatic heterocycles. The molecule has 2 heterocycles. The molecule has 2 amide bonds. The monoisotopic (exact) mass is 430 g/mol. The molecule has 158 valence electrons. The van der Waals surface area contributed by atoms with Gasteiger partial charge in [-0.1, -0.05) is 11.6 Å². The van der Waals surface area contributed by atoms with E-state index in [4.69, 9.17) is 25.8 Å². The number of benzene rings is 2. The van der Waals surface area contributed by atoms with E-state index < -0.39 is 6.04 Å². The maximum atomic E-state index is 12.2. The normalized spacial score (nSPS) is 19.6. The van der Waals surface area contributed by atoms with Crippen LogP contribution >= 0.6 is 11.6 Å². The predicted molar refractivity (Wildman–Crippen MR) is 112 cm³/mol. The van der Waals surface area contributed by atoms with Crippen molar-refractivity contribution in [2.24, 2.45) is 0 Å². The molecule has 2 atom stereocenters. The van der Waals surface area contributed by atoms with Gasteiger partial charge in [0.1, 0.15) is 29.4 Å². The number of halogens is 1.